The number of rotatable bonds is 5. The van der Waals surface area contributed by atoms with Crippen molar-refractivity contribution in [2.45, 2.75) is 12.5 Å². The second-order valence-corrected chi connectivity index (χ2v) is 6.35. The standard InChI is InChI=1S/C19H21ClN2O3/c1-24-16-9-10-22(12-16)15-6-3-13(4-7-15)19(23)21-14-5-8-18(25-2)17(20)11-14/h3-8,11,16H,9-10,12H2,1-2H3,(H,21,23). The third-order valence-corrected chi connectivity index (χ3v) is 4.68. The molecule has 2 aromatic rings. The number of benzene rings is 2. The molecule has 2 aromatic carbocycles. The largest absolute Gasteiger partial charge is 0.495 e. The van der Waals surface area contributed by atoms with Crippen molar-refractivity contribution in [1.82, 2.24) is 0 Å². The smallest absolute Gasteiger partial charge is 0.255 e. The molecule has 1 aliphatic heterocycles. The molecule has 1 fully saturated rings. The first-order chi connectivity index (χ1) is 12.1. The SMILES string of the molecule is COc1ccc(NC(=O)c2ccc(N3CCC(OC)C3)cc2)cc1Cl. The van der Waals surface area contributed by atoms with Gasteiger partial charge in [-0.1, -0.05) is 11.6 Å². The van der Waals surface area contributed by atoms with Gasteiger partial charge < -0.3 is 19.7 Å². The summed E-state index contributed by atoms with van der Waals surface area (Å²) in [6.07, 6.45) is 1.31. The Morgan fingerprint density at radius 3 is 2.56 bits per heavy atom. The first-order valence-corrected chi connectivity index (χ1v) is 8.51. The number of nitrogens with zero attached hydrogens (tertiary/aromatic N) is 1. The Morgan fingerprint density at radius 1 is 1.20 bits per heavy atom. The number of ether oxygens (including phenoxy) is 2. The molecule has 1 atom stereocenters. The predicted molar refractivity (Wildman–Crippen MR) is 100 cm³/mol. The Morgan fingerprint density at radius 2 is 1.96 bits per heavy atom. The van der Waals surface area contributed by atoms with E-state index in [0.717, 1.165) is 25.2 Å². The Kier molecular flexibility index (Phi) is 5.46. The van der Waals surface area contributed by atoms with Gasteiger partial charge in [0.1, 0.15) is 5.75 Å². The van der Waals surface area contributed by atoms with Crippen molar-refractivity contribution >= 4 is 28.9 Å². The molecule has 0 bridgehead atoms. The van der Waals surface area contributed by atoms with Crippen molar-refractivity contribution in [3.8, 4) is 5.75 Å². The van der Waals surface area contributed by atoms with Crippen molar-refractivity contribution in [2.75, 3.05) is 37.5 Å². The highest BCUT2D eigenvalue weighted by molar-refractivity contribution is 6.32. The number of halogens is 1. The number of carbonyl (C=O) groups is 1. The van der Waals surface area contributed by atoms with Crippen molar-refractivity contribution in [3.63, 3.8) is 0 Å². The molecule has 3 rings (SSSR count). The van der Waals surface area contributed by atoms with Crippen LogP contribution in [-0.4, -0.2) is 39.3 Å². The molecule has 1 amide bonds. The summed E-state index contributed by atoms with van der Waals surface area (Å²) in [6, 6.07) is 12.7. The minimum atomic E-state index is -0.177. The van der Waals surface area contributed by atoms with Gasteiger partial charge >= 0.3 is 0 Å². The first-order valence-electron chi connectivity index (χ1n) is 8.13. The van der Waals surface area contributed by atoms with Crippen molar-refractivity contribution in [1.29, 1.82) is 0 Å². The van der Waals surface area contributed by atoms with Crippen LogP contribution in [0.2, 0.25) is 5.02 Å². The molecule has 0 saturated carbocycles. The van der Waals surface area contributed by atoms with Gasteiger partial charge in [0.25, 0.3) is 5.91 Å². The normalized spacial score (nSPS) is 16.8. The molecule has 1 saturated heterocycles. The zero-order valence-electron chi connectivity index (χ0n) is 14.3. The van der Waals surface area contributed by atoms with Crippen LogP contribution in [-0.2, 0) is 4.74 Å². The average molecular weight is 361 g/mol. The molecule has 0 aliphatic carbocycles. The van der Waals surface area contributed by atoms with E-state index in [2.05, 4.69) is 10.2 Å². The minimum Gasteiger partial charge on any atom is -0.495 e. The summed E-state index contributed by atoms with van der Waals surface area (Å²) in [5.74, 6) is 0.396. The zero-order valence-corrected chi connectivity index (χ0v) is 15.0. The molecule has 132 valence electrons. The number of anilines is 2. The molecular formula is C19H21ClN2O3. The summed E-state index contributed by atoms with van der Waals surface area (Å²) >= 11 is 6.08. The first kappa shape index (κ1) is 17.6. The number of carbonyl (C=O) groups excluding carboxylic acids is 1. The molecule has 25 heavy (non-hydrogen) atoms. The monoisotopic (exact) mass is 360 g/mol. The van der Waals surface area contributed by atoms with Gasteiger partial charge in [-0.15, -0.1) is 0 Å². The van der Waals surface area contributed by atoms with Crippen LogP contribution in [0.15, 0.2) is 42.5 Å². The summed E-state index contributed by atoms with van der Waals surface area (Å²) in [6.45, 7) is 1.85. The van der Waals surface area contributed by atoms with E-state index >= 15 is 0 Å². The molecule has 5 nitrogen and oxygen atoms in total. The number of hydrogen-bond acceptors (Lipinski definition) is 4. The van der Waals surface area contributed by atoms with Crippen LogP contribution >= 0.6 is 11.6 Å². The average Bonchev–Trinajstić information content (AvgIpc) is 3.11. The summed E-state index contributed by atoms with van der Waals surface area (Å²) in [5.41, 5.74) is 2.32. The highest BCUT2D eigenvalue weighted by Gasteiger charge is 2.22. The predicted octanol–water partition coefficient (Wildman–Crippen LogP) is 3.83. The maximum Gasteiger partial charge on any atom is 0.255 e. The van der Waals surface area contributed by atoms with Crippen molar-refractivity contribution in [2.24, 2.45) is 0 Å². The van der Waals surface area contributed by atoms with Gasteiger partial charge in [0, 0.05) is 37.1 Å². The van der Waals surface area contributed by atoms with Gasteiger partial charge in [0.2, 0.25) is 0 Å². The highest BCUT2D eigenvalue weighted by Crippen LogP contribution is 2.27. The van der Waals surface area contributed by atoms with E-state index in [1.165, 1.54) is 0 Å². The second kappa shape index (κ2) is 7.76. The van der Waals surface area contributed by atoms with E-state index in [1.54, 1.807) is 32.4 Å². The van der Waals surface area contributed by atoms with Crippen LogP contribution in [0.25, 0.3) is 0 Å². The van der Waals surface area contributed by atoms with Gasteiger partial charge in [0.15, 0.2) is 0 Å². The van der Waals surface area contributed by atoms with Crippen molar-refractivity contribution < 1.29 is 14.3 Å². The maximum absolute atomic E-state index is 12.4. The Bertz CT molecular complexity index is 749. The fourth-order valence-corrected chi connectivity index (χ4v) is 3.18. The van der Waals surface area contributed by atoms with E-state index in [4.69, 9.17) is 21.1 Å². The van der Waals surface area contributed by atoms with Crippen LogP contribution in [0, 0.1) is 0 Å². The lowest BCUT2D eigenvalue weighted by Gasteiger charge is -2.18. The topological polar surface area (TPSA) is 50.8 Å². The lowest BCUT2D eigenvalue weighted by atomic mass is 10.1. The van der Waals surface area contributed by atoms with E-state index in [-0.39, 0.29) is 12.0 Å². The lowest BCUT2D eigenvalue weighted by molar-refractivity contribution is 0.102. The zero-order chi connectivity index (χ0) is 17.8. The molecular weight excluding hydrogens is 340 g/mol. The van der Waals surface area contributed by atoms with Crippen molar-refractivity contribution in [3.05, 3.63) is 53.1 Å². The molecule has 1 aliphatic rings. The Balaban J connectivity index is 1.66. The van der Waals surface area contributed by atoms with Crippen LogP contribution in [0.3, 0.4) is 0 Å². The van der Waals surface area contributed by atoms with E-state index in [0.29, 0.717) is 22.0 Å². The van der Waals surface area contributed by atoms with Gasteiger partial charge in [-0.2, -0.15) is 0 Å². The quantitative estimate of drug-likeness (QED) is 0.880. The summed E-state index contributed by atoms with van der Waals surface area (Å²) in [4.78, 5) is 14.7. The third kappa shape index (κ3) is 4.06. The number of methoxy groups -OCH3 is 2. The fourth-order valence-electron chi connectivity index (χ4n) is 2.93. The second-order valence-electron chi connectivity index (χ2n) is 5.94. The van der Waals surface area contributed by atoms with Gasteiger partial charge in [-0.3, -0.25) is 4.79 Å². The highest BCUT2D eigenvalue weighted by atomic mass is 35.5. The third-order valence-electron chi connectivity index (χ3n) is 4.38. The van der Waals surface area contributed by atoms with Gasteiger partial charge in [0.05, 0.1) is 18.2 Å². The number of hydrogen-bond donors (Lipinski definition) is 1. The minimum absolute atomic E-state index is 0.177. The number of nitrogens with one attached hydrogen (secondary N) is 1. The van der Waals surface area contributed by atoms with E-state index in [1.807, 2.05) is 24.3 Å². The molecule has 1 N–H and O–H groups in total. The lowest BCUT2D eigenvalue weighted by Crippen LogP contribution is -2.22. The molecule has 0 aromatic heterocycles. The van der Waals surface area contributed by atoms with Gasteiger partial charge in [-0.05, 0) is 48.9 Å². The van der Waals surface area contributed by atoms with Crippen LogP contribution in [0.5, 0.6) is 5.75 Å². The Labute approximate surface area is 152 Å². The molecule has 6 heteroatoms. The summed E-state index contributed by atoms with van der Waals surface area (Å²) < 4.78 is 10.5. The van der Waals surface area contributed by atoms with E-state index < -0.39 is 0 Å². The number of amides is 1. The van der Waals surface area contributed by atoms with E-state index in [9.17, 15) is 4.79 Å². The Hall–Kier alpha value is -2.24. The molecule has 0 spiro atoms. The summed E-state index contributed by atoms with van der Waals surface area (Å²) in [5, 5.41) is 3.30. The van der Waals surface area contributed by atoms with Gasteiger partial charge in [-0.25, -0.2) is 0 Å². The molecule has 1 heterocycles. The molecule has 1 unspecified atom stereocenters. The van der Waals surface area contributed by atoms with Crippen LogP contribution in [0.1, 0.15) is 16.8 Å². The fraction of sp³-hybridized carbons (Fsp3) is 0.316. The maximum atomic E-state index is 12.4. The summed E-state index contributed by atoms with van der Waals surface area (Å²) in [7, 11) is 3.29. The van der Waals surface area contributed by atoms with Crippen LogP contribution < -0.4 is 15.0 Å². The molecule has 0 radical (unpaired) electrons. The van der Waals surface area contributed by atoms with Crippen LogP contribution in [0.4, 0.5) is 11.4 Å².